The van der Waals surface area contributed by atoms with E-state index >= 15 is 0 Å². The van der Waals surface area contributed by atoms with E-state index < -0.39 is 0 Å². The van der Waals surface area contributed by atoms with Gasteiger partial charge in [0.25, 0.3) is 0 Å². The molecule has 1 aliphatic heterocycles. The van der Waals surface area contributed by atoms with E-state index in [4.69, 9.17) is 17.3 Å². The van der Waals surface area contributed by atoms with Crippen molar-refractivity contribution >= 4 is 17.3 Å². The van der Waals surface area contributed by atoms with Crippen molar-refractivity contribution in [2.45, 2.75) is 26.2 Å². The Kier molecular flexibility index (Phi) is 4.30. The van der Waals surface area contributed by atoms with Crippen LogP contribution in [0.5, 0.6) is 0 Å². The highest BCUT2D eigenvalue weighted by molar-refractivity contribution is 6.30. The molecule has 1 aliphatic rings. The fourth-order valence-corrected chi connectivity index (χ4v) is 2.82. The van der Waals surface area contributed by atoms with Crippen LogP contribution >= 0.6 is 11.6 Å². The van der Waals surface area contributed by atoms with Crippen molar-refractivity contribution in [1.82, 2.24) is 0 Å². The number of nitrogens with zero attached hydrogens (tertiary/aromatic N) is 1. The van der Waals surface area contributed by atoms with Gasteiger partial charge in [0, 0.05) is 23.8 Å². The number of nitrogens with two attached hydrogens (primary N) is 1. The van der Waals surface area contributed by atoms with E-state index in [1.165, 1.54) is 24.1 Å². The molecule has 1 atom stereocenters. The summed E-state index contributed by atoms with van der Waals surface area (Å²) >= 11 is 6.06. The molecular weight excluding hydrogens is 232 g/mol. The van der Waals surface area contributed by atoms with Gasteiger partial charge >= 0.3 is 0 Å². The molecule has 1 aromatic carbocycles. The van der Waals surface area contributed by atoms with Gasteiger partial charge in [-0.3, -0.25) is 0 Å². The summed E-state index contributed by atoms with van der Waals surface area (Å²) in [7, 11) is 0. The van der Waals surface area contributed by atoms with Gasteiger partial charge in [0.1, 0.15) is 0 Å². The van der Waals surface area contributed by atoms with Crippen molar-refractivity contribution in [3.8, 4) is 0 Å². The average molecular weight is 253 g/mol. The van der Waals surface area contributed by atoms with E-state index in [0.29, 0.717) is 6.54 Å². The molecule has 0 aliphatic carbocycles. The molecule has 1 unspecified atom stereocenters. The first-order chi connectivity index (χ1) is 8.20. The molecule has 17 heavy (non-hydrogen) atoms. The largest absolute Gasteiger partial charge is 0.371 e. The Bertz CT molecular complexity index is 378. The van der Waals surface area contributed by atoms with Crippen LogP contribution in [0.1, 0.15) is 25.3 Å². The van der Waals surface area contributed by atoms with Crippen LogP contribution in [-0.2, 0) is 6.42 Å². The van der Waals surface area contributed by atoms with Gasteiger partial charge in [-0.05, 0) is 55.5 Å². The number of piperidine rings is 1. The Hall–Kier alpha value is -0.730. The normalized spacial score (nSPS) is 20.6. The highest BCUT2D eigenvalue weighted by Gasteiger charge is 2.18. The first kappa shape index (κ1) is 12.7. The van der Waals surface area contributed by atoms with E-state index in [9.17, 15) is 0 Å². The Morgan fingerprint density at radius 2 is 2.29 bits per heavy atom. The molecule has 2 nitrogen and oxygen atoms in total. The van der Waals surface area contributed by atoms with E-state index in [1.54, 1.807) is 0 Å². The van der Waals surface area contributed by atoms with Crippen LogP contribution in [0.15, 0.2) is 18.2 Å². The summed E-state index contributed by atoms with van der Waals surface area (Å²) in [4.78, 5) is 2.48. The summed E-state index contributed by atoms with van der Waals surface area (Å²) in [5, 5.41) is 0.808. The maximum absolute atomic E-state index is 6.06. The zero-order valence-corrected chi connectivity index (χ0v) is 11.2. The molecule has 0 spiro atoms. The minimum atomic E-state index is 0.677. The number of hydrogen-bond acceptors (Lipinski definition) is 2. The molecule has 1 saturated heterocycles. The van der Waals surface area contributed by atoms with Gasteiger partial charge in [0.15, 0.2) is 0 Å². The Morgan fingerprint density at radius 1 is 1.47 bits per heavy atom. The summed E-state index contributed by atoms with van der Waals surface area (Å²) in [6.45, 7) is 5.31. The van der Waals surface area contributed by atoms with Crippen molar-refractivity contribution in [3.05, 3.63) is 28.8 Å². The number of halogens is 1. The minimum Gasteiger partial charge on any atom is -0.371 e. The third-order valence-electron chi connectivity index (χ3n) is 3.45. The predicted molar refractivity (Wildman–Crippen MR) is 74.8 cm³/mol. The molecule has 3 heteroatoms. The lowest BCUT2D eigenvalue weighted by molar-refractivity contribution is 0.446. The lowest BCUT2D eigenvalue weighted by Crippen LogP contribution is -2.35. The number of rotatable bonds is 3. The Morgan fingerprint density at radius 3 is 3.00 bits per heavy atom. The second kappa shape index (κ2) is 5.74. The number of hydrogen-bond donors (Lipinski definition) is 1. The molecule has 0 aromatic heterocycles. The standard InChI is InChI=1S/C14H21ClN2/c1-11-3-2-8-17(10-11)14-5-4-13(15)9-12(14)6-7-16/h4-5,9,11H,2-3,6-8,10,16H2,1H3. The summed E-state index contributed by atoms with van der Waals surface area (Å²) in [6.07, 6.45) is 3.53. The molecule has 0 amide bonds. The lowest BCUT2D eigenvalue weighted by atomic mass is 9.98. The SMILES string of the molecule is CC1CCCN(c2ccc(Cl)cc2CCN)C1. The summed E-state index contributed by atoms with van der Waals surface area (Å²) < 4.78 is 0. The van der Waals surface area contributed by atoms with Crippen molar-refractivity contribution in [2.75, 3.05) is 24.5 Å². The first-order valence-electron chi connectivity index (χ1n) is 6.44. The third-order valence-corrected chi connectivity index (χ3v) is 3.69. The van der Waals surface area contributed by atoms with Crippen LogP contribution in [0.3, 0.4) is 0 Å². The predicted octanol–water partition coefficient (Wildman–Crippen LogP) is 3.08. The van der Waals surface area contributed by atoms with E-state index in [2.05, 4.69) is 24.0 Å². The van der Waals surface area contributed by atoms with Crippen molar-refractivity contribution in [1.29, 1.82) is 0 Å². The number of benzene rings is 1. The molecule has 1 aromatic rings. The van der Waals surface area contributed by atoms with E-state index in [0.717, 1.165) is 30.5 Å². The maximum Gasteiger partial charge on any atom is 0.0410 e. The van der Waals surface area contributed by atoms with Gasteiger partial charge in [0.05, 0.1) is 0 Å². The molecule has 0 radical (unpaired) electrons. The summed E-state index contributed by atoms with van der Waals surface area (Å²) in [6, 6.07) is 6.19. The van der Waals surface area contributed by atoms with Crippen molar-refractivity contribution in [2.24, 2.45) is 11.7 Å². The highest BCUT2D eigenvalue weighted by atomic mass is 35.5. The molecule has 0 saturated carbocycles. The van der Waals surface area contributed by atoms with E-state index in [-0.39, 0.29) is 0 Å². The molecular formula is C14H21ClN2. The van der Waals surface area contributed by atoms with Gasteiger partial charge in [0.2, 0.25) is 0 Å². The Balaban J connectivity index is 2.23. The smallest absolute Gasteiger partial charge is 0.0410 e. The van der Waals surface area contributed by atoms with Crippen LogP contribution < -0.4 is 10.6 Å². The molecule has 1 heterocycles. The monoisotopic (exact) mass is 252 g/mol. The van der Waals surface area contributed by atoms with Crippen LogP contribution in [0.25, 0.3) is 0 Å². The lowest BCUT2D eigenvalue weighted by Gasteiger charge is -2.34. The zero-order chi connectivity index (χ0) is 12.3. The Labute approximate surface area is 109 Å². The molecule has 1 fully saturated rings. The summed E-state index contributed by atoms with van der Waals surface area (Å²) in [5.74, 6) is 0.783. The molecule has 94 valence electrons. The maximum atomic E-state index is 6.06. The van der Waals surface area contributed by atoms with Crippen LogP contribution in [0, 0.1) is 5.92 Å². The van der Waals surface area contributed by atoms with Crippen molar-refractivity contribution < 1.29 is 0 Å². The third kappa shape index (κ3) is 3.14. The van der Waals surface area contributed by atoms with Gasteiger partial charge in [-0.2, -0.15) is 0 Å². The quantitative estimate of drug-likeness (QED) is 0.896. The van der Waals surface area contributed by atoms with Gasteiger partial charge < -0.3 is 10.6 Å². The van der Waals surface area contributed by atoms with E-state index in [1.807, 2.05) is 6.07 Å². The highest BCUT2D eigenvalue weighted by Crippen LogP contribution is 2.28. The van der Waals surface area contributed by atoms with Gasteiger partial charge in [-0.25, -0.2) is 0 Å². The van der Waals surface area contributed by atoms with Gasteiger partial charge in [-0.1, -0.05) is 18.5 Å². The summed E-state index contributed by atoms with van der Waals surface area (Å²) in [5.41, 5.74) is 8.29. The fourth-order valence-electron chi connectivity index (χ4n) is 2.63. The van der Waals surface area contributed by atoms with Crippen molar-refractivity contribution in [3.63, 3.8) is 0 Å². The average Bonchev–Trinajstić information content (AvgIpc) is 2.29. The van der Waals surface area contributed by atoms with Crippen LogP contribution in [0.2, 0.25) is 5.02 Å². The molecule has 2 rings (SSSR count). The zero-order valence-electron chi connectivity index (χ0n) is 10.5. The second-order valence-corrected chi connectivity index (χ2v) is 5.44. The molecule has 2 N–H and O–H groups in total. The topological polar surface area (TPSA) is 29.3 Å². The minimum absolute atomic E-state index is 0.677. The fraction of sp³-hybridized carbons (Fsp3) is 0.571. The number of anilines is 1. The molecule has 0 bridgehead atoms. The van der Waals surface area contributed by atoms with Crippen LogP contribution in [-0.4, -0.2) is 19.6 Å². The second-order valence-electron chi connectivity index (χ2n) is 5.01. The first-order valence-corrected chi connectivity index (χ1v) is 6.82. The van der Waals surface area contributed by atoms with Gasteiger partial charge in [-0.15, -0.1) is 0 Å². The van der Waals surface area contributed by atoms with Crippen LogP contribution in [0.4, 0.5) is 5.69 Å².